The van der Waals surface area contributed by atoms with Gasteiger partial charge in [0, 0.05) is 31.4 Å². The van der Waals surface area contributed by atoms with Gasteiger partial charge in [0.25, 0.3) is 0 Å². The van der Waals surface area contributed by atoms with Gasteiger partial charge in [0.05, 0.1) is 11.2 Å². The van der Waals surface area contributed by atoms with Crippen molar-refractivity contribution >= 4 is 11.7 Å². The highest BCUT2D eigenvalue weighted by Gasteiger charge is 2.47. The third-order valence-electron chi connectivity index (χ3n) is 6.45. The van der Waals surface area contributed by atoms with Crippen molar-refractivity contribution in [1.29, 1.82) is 5.26 Å². The zero-order chi connectivity index (χ0) is 19.8. The number of amides is 1. The first-order valence-electron chi connectivity index (χ1n) is 10.3. The van der Waals surface area contributed by atoms with Gasteiger partial charge in [-0.3, -0.25) is 4.79 Å². The average Bonchev–Trinajstić information content (AvgIpc) is 3.52. The van der Waals surface area contributed by atoms with Crippen LogP contribution in [0, 0.1) is 11.3 Å². The molecule has 2 aromatic rings. The number of carbonyl (C=O) groups excluding carboxylic acids is 1. The highest BCUT2D eigenvalue weighted by atomic mass is 16.5. The zero-order valence-corrected chi connectivity index (χ0v) is 16.3. The Morgan fingerprint density at radius 1 is 1.14 bits per heavy atom. The van der Waals surface area contributed by atoms with Gasteiger partial charge >= 0.3 is 0 Å². The molecule has 1 unspecified atom stereocenters. The summed E-state index contributed by atoms with van der Waals surface area (Å²) in [6, 6.07) is 16.6. The van der Waals surface area contributed by atoms with Crippen molar-refractivity contribution in [2.75, 3.05) is 24.6 Å². The predicted molar refractivity (Wildman–Crippen MR) is 108 cm³/mol. The van der Waals surface area contributed by atoms with E-state index in [1.165, 1.54) is 5.56 Å². The van der Waals surface area contributed by atoms with Gasteiger partial charge < -0.3 is 14.5 Å². The molecule has 5 rings (SSSR count). The first-order chi connectivity index (χ1) is 14.2. The largest absolute Gasteiger partial charge is 0.360 e. The van der Waals surface area contributed by atoms with Crippen LogP contribution in [0.1, 0.15) is 36.8 Å². The van der Waals surface area contributed by atoms with Crippen LogP contribution in [0.4, 0.5) is 5.82 Å². The maximum absolute atomic E-state index is 12.9. The van der Waals surface area contributed by atoms with Crippen molar-refractivity contribution in [2.45, 2.75) is 43.4 Å². The molecule has 3 heterocycles. The number of rotatable bonds is 5. The lowest BCUT2D eigenvalue weighted by molar-refractivity contribution is -0.140. The summed E-state index contributed by atoms with van der Waals surface area (Å²) in [5, 5.41) is 8.98. The predicted octanol–water partition coefficient (Wildman–Crippen LogP) is 2.84. The highest BCUT2D eigenvalue weighted by Crippen LogP contribution is 2.49. The number of ether oxygens (including phenoxy) is 1. The smallest absolute Gasteiger partial charge is 0.248 e. The molecule has 2 atom stereocenters. The molecule has 1 aliphatic carbocycles. The second-order valence-corrected chi connectivity index (χ2v) is 8.26. The maximum atomic E-state index is 12.9. The molecule has 2 bridgehead atoms. The van der Waals surface area contributed by atoms with E-state index in [9.17, 15) is 4.79 Å². The van der Waals surface area contributed by atoms with E-state index in [2.05, 4.69) is 28.1 Å². The van der Waals surface area contributed by atoms with Crippen LogP contribution in [0.2, 0.25) is 0 Å². The normalized spacial score (nSPS) is 24.2. The second kappa shape index (κ2) is 7.16. The summed E-state index contributed by atoms with van der Waals surface area (Å²) in [4.78, 5) is 21.6. The van der Waals surface area contributed by atoms with E-state index in [0.29, 0.717) is 18.7 Å². The van der Waals surface area contributed by atoms with Crippen LogP contribution in [0.5, 0.6) is 0 Å². The number of likely N-dealkylation sites (tertiary alicyclic amines) is 1. The molecular formula is C23H24N4O2. The van der Waals surface area contributed by atoms with Crippen LogP contribution in [0.25, 0.3) is 0 Å². The average molecular weight is 388 g/mol. The molecule has 2 aliphatic heterocycles. The topological polar surface area (TPSA) is 69.5 Å². The molecule has 148 valence electrons. The number of fused-ring (bicyclic) bond motifs is 2. The molecule has 1 saturated carbocycles. The minimum absolute atomic E-state index is 0.0801. The summed E-state index contributed by atoms with van der Waals surface area (Å²) in [5.74, 6) is 0.984. The van der Waals surface area contributed by atoms with Crippen LogP contribution >= 0.6 is 0 Å². The lowest BCUT2D eigenvalue weighted by Crippen LogP contribution is -2.56. The fraction of sp³-hybridized carbons (Fsp3) is 0.435. The number of hydrogen-bond donors (Lipinski definition) is 0. The molecule has 0 radical (unpaired) electrons. The van der Waals surface area contributed by atoms with Crippen molar-refractivity contribution in [1.82, 2.24) is 9.88 Å². The lowest BCUT2D eigenvalue weighted by Gasteiger charge is -2.41. The first-order valence-corrected chi connectivity index (χ1v) is 10.3. The van der Waals surface area contributed by atoms with Crippen LogP contribution in [0.3, 0.4) is 0 Å². The maximum Gasteiger partial charge on any atom is 0.248 e. The number of carbonyl (C=O) groups is 1. The second-order valence-electron chi connectivity index (χ2n) is 8.26. The fourth-order valence-electron chi connectivity index (χ4n) is 4.75. The van der Waals surface area contributed by atoms with E-state index in [4.69, 9.17) is 10.00 Å². The molecule has 3 aliphatic rings. The number of benzene rings is 1. The molecule has 2 saturated heterocycles. The number of hydrogen-bond acceptors (Lipinski definition) is 5. The van der Waals surface area contributed by atoms with Crippen molar-refractivity contribution < 1.29 is 9.53 Å². The molecule has 0 spiro atoms. The Kier molecular flexibility index (Phi) is 4.48. The molecular weight excluding hydrogens is 364 g/mol. The number of nitrogens with zero attached hydrogens (tertiary/aromatic N) is 4. The van der Waals surface area contributed by atoms with Crippen molar-refractivity contribution in [3.8, 4) is 6.07 Å². The van der Waals surface area contributed by atoms with Gasteiger partial charge in [0.2, 0.25) is 5.91 Å². The molecule has 0 N–H and O–H groups in total. The Bertz CT molecular complexity index is 920. The fourth-order valence-corrected chi connectivity index (χ4v) is 4.75. The van der Waals surface area contributed by atoms with E-state index in [1.54, 1.807) is 6.20 Å². The van der Waals surface area contributed by atoms with E-state index >= 15 is 0 Å². The molecule has 1 aromatic heterocycles. The zero-order valence-electron chi connectivity index (χ0n) is 16.3. The monoisotopic (exact) mass is 388 g/mol. The van der Waals surface area contributed by atoms with Crippen molar-refractivity contribution in [3.63, 3.8) is 0 Å². The standard InChI is InChI=1S/C23H24N4O2/c24-12-17-6-9-21(25-13-17)27-19-7-8-20(27)15-26(14-19)22(28)16-29-23(10-11-23)18-4-2-1-3-5-18/h1-6,9,13,19-20H,7-8,10-11,14-16H2/t19-,20?/m0/s1. The lowest BCUT2D eigenvalue weighted by atomic mass is 10.1. The SMILES string of the molecule is N#Cc1ccc(N2C3CC[C@H]2CN(C(=O)COC2(c4ccccc4)CC2)C3)nc1. The Morgan fingerprint density at radius 3 is 2.45 bits per heavy atom. The Hall–Kier alpha value is -2.91. The summed E-state index contributed by atoms with van der Waals surface area (Å²) in [6.45, 7) is 1.56. The molecule has 29 heavy (non-hydrogen) atoms. The van der Waals surface area contributed by atoms with Gasteiger partial charge in [0.1, 0.15) is 18.5 Å². The minimum Gasteiger partial charge on any atom is -0.360 e. The van der Waals surface area contributed by atoms with Crippen LogP contribution < -0.4 is 4.90 Å². The minimum atomic E-state index is -0.260. The number of nitriles is 1. The summed E-state index contributed by atoms with van der Waals surface area (Å²) >= 11 is 0. The Labute approximate surface area is 170 Å². The summed E-state index contributed by atoms with van der Waals surface area (Å²) in [7, 11) is 0. The van der Waals surface area contributed by atoms with Gasteiger partial charge in [-0.25, -0.2) is 4.98 Å². The van der Waals surface area contributed by atoms with Crippen molar-refractivity contribution in [2.24, 2.45) is 0 Å². The number of piperazine rings is 1. The van der Waals surface area contributed by atoms with Gasteiger partial charge in [-0.05, 0) is 43.4 Å². The third-order valence-corrected chi connectivity index (χ3v) is 6.45. The van der Waals surface area contributed by atoms with Crippen molar-refractivity contribution in [3.05, 3.63) is 59.8 Å². The van der Waals surface area contributed by atoms with E-state index in [1.807, 2.05) is 35.2 Å². The van der Waals surface area contributed by atoms with Gasteiger partial charge in [-0.1, -0.05) is 30.3 Å². The van der Waals surface area contributed by atoms with Gasteiger partial charge in [-0.2, -0.15) is 5.26 Å². The van der Waals surface area contributed by atoms with Crippen LogP contribution in [0.15, 0.2) is 48.7 Å². The highest BCUT2D eigenvalue weighted by molar-refractivity contribution is 5.78. The number of aromatic nitrogens is 1. The van der Waals surface area contributed by atoms with E-state index in [-0.39, 0.29) is 30.2 Å². The van der Waals surface area contributed by atoms with Crippen LogP contribution in [-0.4, -0.2) is 47.6 Å². The quantitative estimate of drug-likeness (QED) is 0.788. The Morgan fingerprint density at radius 2 is 1.86 bits per heavy atom. The molecule has 1 amide bonds. The first kappa shape index (κ1) is 18.1. The molecule has 6 heteroatoms. The third kappa shape index (κ3) is 3.36. The van der Waals surface area contributed by atoms with Crippen LogP contribution in [-0.2, 0) is 15.1 Å². The van der Waals surface area contributed by atoms with Gasteiger partial charge in [0.15, 0.2) is 0 Å². The Balaban J connectivity index is 1.22. The van der Waals surface area contributed by atoms with E-state index < -0.39 is 0 Å². The number of pyridine rings is 1. The van der Waals surface area contributed by atoms with Gasteiger partial charge in [-0.15, -0.1) is 0 Å². The molecule has 6 nitrogen and oxygen atoms in total. The summed E-state index contributed by atoms with van der Waals surface area (Å²) in [6.07, 6.45) is 5.70. The summed E-state index contributed by atoms with van der Waals surface area (Å²) < 4.78 is 6.12. The molecule has 1 aromatic carbocycles. The molecule has 3 fully saturated rings. The summed E-state index contributed by atoms with van der Waals surface area (Å²) in [5.41, 5.74) is 1.48. The van der Waals surface area contributed by atoms with E-state index in [0.717, 1.165) is 31.5 Å². The number of anilines is 1.